The standard InChI is InChI=1S/C15H11BrF2OS/c16-10-4-5-11(17)9(15(10)18)7-12(19)14-6-8-2-1-3-13(8)20-14/h4-6H,1-3,7H2. The van der Waals surface area contributed by atoms with Gasteiger partial charge in [0.25, 0.3) is 0 Å². The molecule has 0 bridgehead atoms. The van der Waals surface area contributed by atoms with E-state index in [9.17, 15) is 13.6 Å². The Labute approximate surface area is 127 Å². The fourth-order valence-electron chi connectivity index (χ4n) is 2.45. The highest BCUT2D eigenvalue weighted by Gasteiger charge is 2.21. The predicted molar refractivity (Wildman–Crippen MR) is 78.4 cm³/mol. The Bertz CT molecular complexity index is 672. The Hall–Kier alpha value is -1.07. The first-order valence-electron chi connectivity index (χ1n) is 6.33. The lowest BCUT2D eigenvalue weighted by Crippen LogP contribution is -2.06. The molecule has 5 heteroatoms. The summed E-state index contributed by atoms with van der Waals surface area (Å²) >= 11 is 4.47. The third-order valence-corrected chi connectivity index (χ3v) is 5.39. The SMILES string of the molecule is O=C(Cc1c(F)ccc(Br)c1F)c1cc2c(s1)CCC2. The van der Waals surface area contributed by atoms with E-state index in [1.165, 1.54) is 33.9 Å². The molecule has 3 rings (SSSR count). The van der Waals surface area contributed by atoms with Crippen molar-refractivity contribution >= 4 is 33.0 Å². The van der Waals surface area contributed by atoms with E-state index in [1.54, 1.807) is 0 Å². The number of carbonyl (C=O) groups is 1. The Morgan fingerprint density at radius 3 is 2.85 bits per heavy atom. The molecule has 0 fully saturated rings. The minimum Gasteiger partial charge on any atom is -0.293 e. The first kappa shape index (κ1) is 13.9. The normalized spacial score (nSPS) is 13.6. The number of fused-ring (bicyclic) bond motifs is 1. The Balaban J connectivity index is 1.87. The summed E-state index contributed by atoms with van der Waals surface area (Å²) in [5.74, 6) is -1.59. The second kappa shape index (κ2) is 5.37. The summed E-state index contributed by atoms with van der Waals surface area (Å²) in [6.45, 7) is 0. The van der Waals surface area contributed by atoms with Gasteiger partial charge in [0.2, 0.25) is 0 Å². The minimum atomic E-state index is -0.692. The van der Waals surface area contributed by atoms with Crippen molar-refractivity contribution in [1.82, 2.24) is 0 Å². The van der Waals surface area contributed by atoms with Crippen molar-refractivity contribution in [3.05, 3.63) is 55.2 Å². The summed E-state index contributed by atoms with van der Waals surface area (Å²) in [5.41, 5.74) is 1.05. The van der Waals surface area contributed by atoms with Crippen molar-refractivity contribution in [3.63, 3.8) is 0 Å². The van der Waals surface area contributed by atoms with E-state index < -0.39 is 11.6 Å². The zero-order valence-electron chi connectivity index (χ0n) is 10.5. The number of hydrogen-bond acceptors (Lipinski definition) is 2. The van der Waals surface area contributed by atoms with Gasteiger partial charge in [-0.25, -0.2) is 8.78 Å². The quantitative estimate of drug-likeness (QED) is 0.575. The van der Waals surface area contributed by atoms with Gasteiger partial charge in [-0.05, 0) is 59.0 Å². The average molecular weight is 357 g/mol. The molecule has 1 aliphatic carbocycles. The Morgan fingerprint density at radius 2 is 2.10 bits per heavy atom. The molecule has 0 radical (unpaired) electrons. The number of aryl methyl sites for hydroxylation is 2. The molecule has 1 aromatic carbocycles. The number of halogens is 3. The molecule has 0 saturated carbocycles. The largest absolute Gasteiger partial charge is 0.293 e. The fraction of sp³-hybridized carbons (Fsp3) is 0.267. The van der Waals surface area contributed by atoms with Crippen molar-refractivity contribution in [3.8, 4) is 0 Å². The lowest BCUT2D eigenvalue weighted by molar-refractivity contribution is 0.0994. The van der Waals surface area contributed by atoms with E-state index >= 15 is 0 Å². The number of benzene rings is 1. The highest BCUT2D eigenvalue weighted by Crippen LogP contribution is 2.32. The maximum absolute atomic E-state index is 13.9. The first-order valence-corrected chi connectivity index (χ1v) is 7.94. The average Bonchev–Trinajstić information content (AvgIpc) is 3.00. The molecule has 0 unspecified atom stereocenters. The molecular weight excluding hydrogens is 346 g/mol. The van der Waals surface area contributed by atoms with Crippen LogP contribution < -0.4 is 0 Å². The molecule has 0 atom stereocenters. The van der Waals surface area contributed by atoms with Gasteiger partial charge in [-0.2, -0.15) is 0 Å². The van der Waals surface area contributed by atoms with E-state index in [4.69, 9.17) is 0 Å². The van der Waals surface area contributed by atoms with E-state index in [1.807, 2.05) is 6.07 Å². The maximum Gasteiger partial charge on any atom is 0.177 e. The smallest absolute Gasteiger partial charge is 0.177 e. The molecule has 1 aliphatic rings. The molecule has 104 valence electrons. The number of Topliss-reactive ketones (excluding diaryl/α,β-unsaturated/α-hetero) is 1. The zero-order chi connectivity index (χ0) is 14.3. The monoisotopic (exact) mass is 356 g/mol. The van der Waals surface area contributed by atoms with E-state index in [2.05, 4.69) is 15.9 Å². The van der Waals surface area contributed by atoms with Crippen LogP contribution in [-0.2, 0) is 19.3 Å². The summed E-state index contributed by atoms with van der Waals surface area (Å²) in [5, 5.41) is 0. The van der Waals surface area contributed by atoms with E-state index in [-0.39, 0.29) is 22.2 Å². The molecule has 2 aromatic rings. The Morgan fingerprint density at radius 1 is 1.30 bits per heavy atom. The van der Waals surface area contributed by atoms with Gasteiger partial charge in [0.1, 0.15) is 11.6 Å². The van der Waals surface area contributed by atoms with Gasteiger partial charge in [0, 0.05) is 16.9 Å². The van der Waals surface area contributed by atoms with Gasteiger partial charge in [-0.3, -0.25) is 4.79 Å². The van der Waals surface area contributed by atoms with Gasteiger partial charge in [0.05, 0.1) is 9.35 Å². The molecule has 0 N–H and O–H groups in total. The predicted octanol–water partition coefficient (Wildman–Crippen LogP) is 4.70. The summed E-state index contributed by atoms with van der Waals surface area (Å²) < 4.78 is 27.7. The van der Waals surface area contributed by atoms with Gasteiger partial charge in [0.15, 0.2) is 5.78 Å². The van der Waals surface area contributed by atoms with Crippen molar-refractivity contribution in [2.75, 3.05) is 0 Å². The number of ketones is 1. The second-order valence-corrected chi connectivity index (χ2v) is 6.83. The van der Waals surface area contributed by atoms with Crippen LogP contribution in [0.15, 0.2) is 22.7 Å². The van der Waals surface area contributed by atoms with E-state index in [0.29, 0.717) is 4.88 Å². The number of thiophene rings is 1. The van der Waals surface area contributed by atoms with Crippen molar-refractivity contribution in [2.24, 2.45) is 0 Å². The van der Waals surface area contributed by atoms with Gasteiger partial charge in [-0.1, -0.05) is 0 Å². The third kappa shape index (κ3) is 2.44. The molecule has 1 nitrogen and oxygen atoms in total. The summed E-state index contributed by atoms with van der Waals surface area (Å²) in [6, 6.07) is 4.35. The third-order valence-electron chi connectivity index (χ3n) is 3.50. The molecule has 1 heterocycles. The summed E-state index contributed by atoms with van der Waals surface area (Å²) in [4.78, 5) is 14.0. The first-order chi connectivity index (χ1) is 9.56. The van der Waals surface area contributed by atoms with Crippen LogP contribution in [0.5, 0.6) is 0 Å². The van der Waals surface area contributed by atoms with Crippen LogP contribution in [0.4, 0.5) is 8.78 Å². The highest BCUT2D eigenvalue weighted by atomic mass is 79.9. The molecular formula is C15H11BrF2OS. The molecule has 0 saturated heterocycles. The van der Waals surface area contributed by atoms with Crippen LogP contribution >= 0.6 is 27.3 Å². The minimum absolute atomic E-state index is 0.169. The molecule has 1 aromatic heterocycles. The molecule has 20 heavy (non-hydrogen) atoms. The summed E-state index contributed by atoms with van der Waals surface area (Å²) in [6.07, 6.45) is 2.90. The topological polar surface area (TPSA) is 17.1 Å². The van der Waals surface area contributed by atoms with Crippen molar-refractivity contribution in [1.29, 1.82) is 0 Å². The number of carbonyl (C=O) groups excluding carboxylic acids is 1. The number of rotatable bonds is 3. The maximum atomic E-state index is 13.9. The molecule has 0 amide bonds. The summed E-state index contributed by atoms with van der Waals surface area (Å²) in [7, 11) is 0. The van der Waals surface area contributed by atoms with Crippen LogP contribution in [0.25, 0.3) is 0 Å². The van der Waals surface area contributed by atoms with Gasteiger partial charge >= 0.3 is 0 Å². The Kier molecular flexibility index (Phi) is 3.73. The molecule has 0 spiro atoms. The van der Waals surface area contributed by atoms with Crippen molar-refractivity contribution < 1.29 is 13.6 Å². The lowest BCUT2D eigenvalue weighted by Gasteiger charge is -2.05. The second-order valence-electron chi connectivity index (χ2n) is 4.83. The highest BCUT2D eigenvalue weighted by molar-refractivity contribution is 9.10. The zero-order valence-corrected chi connectivity index (χ0v) is 12.9. The van der Waals surface area contributed by atoms with E-state index in [0.717, 1.165) is 19.3 Å². The molecule has 0 aliphatic heterocycles. The van der Waals surface area contributed by atoms with Gasteiger partial charge in [-0.15, -0.1) is 11.3 Å². The number of hydrogen-bond donors (Lipinski definition) is 0. The van der Waals surface area contributed by atoms with Crippen molar-refractivity contribution in [2.45, 2.75) is 25.7 Å². The fourth-order valence-corrected chi connectivity index (χ4v) is 4.01. The lowest BCUT2D eigenvalue weighted by atomic mass is 10.1. The van der Waals surface area contributed by atoms with Crippen LogP contribution in [0.3, 0.4) is 0 Å². The van der Waals surface area contributed by atoms with Crippen LogP contribution in [0.2, 0.25) is 0 Å². The van der Waals surface area contributed by atoms with Crippen LogP contribution in [0, 0.1) is 11.6 Å². The van der Waals surface area contributed by atoms with Gasteiger partial charge < -0.3 is 0 Å². The van der Waals surface area contributed by atoms with Crippen LogP contribution in [0.1, 0.15) is 32.1 Å². The van der Waals surface area contributed by atoms with Crippen LogP contribution in [-0.4, -0.2) is 5.78 Å².